The van der Waals surface area contributed by atoms with Gasteiger partial charge in [-0.25, -0.2) is 4.79 Å². The molecule has 0 saturated carbocycles. The van der Waals surface area contributed by atoms with Crippen molar-refractivity contribution >= 4 is 17.4 Å². The molecule has 64 valence electrons. The molecule has 0 saturated heterocycles. The molecule has 2 heterocycles. The lowest BCUT2D eigenvalue weighted by Gasteiger charge is -2.01. The lowest BCUT2D eigenvalue weighted by Crippen LogP contribution is -2.31. The molecule has 2 rings (SSSR count). The van der Waals surface area contributed by atoms with Crippen molar-refractivity contribution in [3.8, 4) is 0 Å². The van der Waals surface area contributed by atoms with Gasteiger partial charge >= 0.3 is 5.69 Å². The Morgan fingerprint density at radius 2 is 2.25 bits per heavy atom. The van der Waals surface area contributed by atoms with Gasteiger partial charge in [0.15, 0.2) is 0 Å². The van der Waals surface area contributed by atoms with Crippen LogP contribution in [0, 0.1) is 0 Å². The summed E-state index contributed by atoms with van der Waals surface area (Å²) in [6.07, 6.45) is 0. The molecule has 0 aromatic carbocycles. The minimum atomic E-state index is -0.486. The lowest BCUT2D eigenvalue weighted by atomic mass is 10.5. The van der Waals surface area contributed by atoms with Gasteiger partial charge in [-0.2, -0.15) is 0 Å². The number of aromatic nitrogens is 2. The van der Waals surface area contributed by atoms with E-state index in [9.17, 15) is 9.59 Å². The molecule has 12 heavy (non-hydrogen) atoms. The fourth-order valence-electron chi connectivity index (χ4n) is 1.16. The Morgan fingerprint density at radius 1 is 1.50 bits per heavy atom. The molecule has 0 spiro atoms. The van der Waals surface area contributed by atoms with Crippen molar-refractivity contribution in [2.24, 2.45) is 0 Å². The zero-order valence-electron chi connectivity index (χ0n) is 6.16. The molecule has 3 N–H and O–H groups in total. The van der Waals surface area contributed by atoms with Crippen molar-refractivity contribution in [2.45, 2.75) is 11.6 Å². The number of hydrogen-bond acceptors (Lipinski definition) is 4. The first-order valence-corrected chi connectivity index (χ1v) is 4.44. The zero-order valence-corrected chi connectivity index (χ0v) is 6.98. The molecular formula is C6H7N3O2S. The highest BCUT2D eigenvalue weighted by Crippen LogP contribution is 2.25. The third-order valence-corrected chi connectivity index (χ3v) is 2.84. The van der Waals surface area contributed by atoms with E-state index in [1.54, 1.807) is 0 Å². The van der Waals surface area contributed by atoms with E-state index in [0.29, 0.717) is 11.6 Å². The third-order valence-electron chi connectivity index (χ3n) is 1.74. The standard InChI is InChI=1S/C6H7N3O2S/c7-3-4(10)8-6(11)9-1-2-12-5(3)9/h1-2,7H2,(H,8,10,11). The van der Waals surface area contributed by atoms with Gasteiger partial charge in [-0.05, 0) is 0 Å². The van der Waals surface area contributed by atoms with Crippen molar-refractivity contribution in [3.63, 3.8) is 0 Å². The molecule has 1 aliphatic rings. The lowest BCUT2D eigenvalue weighted by molar-refractivity contribution is 0.663. The number of nitrogens with two attached hydrogens (primary N) is 1. The molecule has 1 aromatic rings. The van der Waals surface area contributed by atoms with Gasteiger partial charge in [-0.1, -0.05) is 0 Å². The Bertz CT molecular complexity index is 433. The Balaban J connectivity index is 2.87. The van der Waals surface area contributed by atoms with Gasteiger partial charge in [-0.15, -0.1) is 11.8 Å². The SMILES string of the molecule is Nc1c2n(c(=O)[nH]c1=O)CCS2. The molecule has 0 aliphatic carbocycles. The first-order valence-electron chi connectivity index (χ1n) is 3.45. The number of anilines is 1. The predicted octanol–water partition coefficient (Wildman–Crippen LogP) is -0.776. The number of aromatic amines is 1. The van der Waals surface area contributed by atoms with Gasteiger partial charge in [0.05, 0.1) is 0 Å². The van der Waals surface area contributed by atoms with E-state index >= 15 is 0 Å². The summed E-state index contributed by atoms with van der Waals surface area (Å²) in [4.78, 5) is 24.3. The largest absolute Gasteiger partial charge is 0.392 e. The summed E-state index contributed by atoms with van der Waals surface area (Å²) in [5, 5.41) is 0.601. The van der Waals surface area contributed by atoms with Crippen molar-refractivity contribution in [3.05, 3.63) is 20.8 Å². The van der Waals surface area contributed by atoms with E-state index in [1.807, 2.05) is 0 Å². The Hall–Kier alpha value is -1.17. The maximum atomic E-state index is 11.1. The third kappa shape index (κ3) is 0.878. The molecular weight excluding hydrogens is 178 g/mol. The highest BCUT2D eigenvalue weighted by atomic mass is 32.2. The van der Waals surface area contributed by atoms with Crippen LogP contribution in [-0.2, 0) is 6.54 Å². The summed E-state index contributed by atoms with van der Waals surface area (Å²) >= 11 is 1.44. The van der Waals surface area contributed by atoms with Gasteiger partial charge in [-0.3, -0.25) is 14.3 Å². The molecule has 5 nitrogen and oxygen atoms in total. The van der Waals surface area contributed by atoms with E-state index < -0.39 is 5.56 Å². The fraction of sp³-hybridized carbons (Fsp3) is 0.333. The molecule has 6 heteroatoms. The number of rotatable bonds is 0. The zero-order chi connectivity index (χ0) is 8.72. The highest BCUT2D eigenvalue weighted by molar-refractivity contribution is 7.99. The van der Waals surface area contributed by atoms with Crippen LogP contribution in [-0.4, -0.2) is 15.3 Å². The topological polar surface area (TPSA) is 80.9 Å². The molecule has 0 bridgehead atoms. The van der Waals surface area contributed by atoms with Crippen molar-refractivity contribution in [2.75, 3.05) is 11.5 Å². The Labute approximate surface area is 71.6 Å². The molecule has 0 amide bonds. The minimum absolute atomic E-state index is 0.150. The predicted molar refractivity (Wildman–Crippen MR) is 46.5 cm³/mol. The second-order valence-corrected chi connectivity index (χ2v) is 3.56. The van der Waals surface area contributed by atoms with Crippen LogP contribution in [0.25, 0.3) is 0 Å². The van der Waals surface area contributed by atoms with Crippen molar-refractivity contribution < 1.29 is 0 Å². The summed E-state index contributed by atoms with van der Waals surface area (Å²) < 4.78 is 1.49. The van der Waals surface area contributed by atoms with Crippen LogP contribution in [0.1, 0.15) is 0 Å². The van der Waals surface area contributed by atoms with Crippen LogP contribution in [0.2, 0.25) is 0 Å². The average Bonchev–Trinajstić information content (AvgIpc) is 2.48. The monoisotopic (exact) mass is 185 g/mol. The van der Waals surface area contributed by atoms with E-state index in [-0.39, 0.29) is 11.4 Å². The maximum Gasteiger partial charge on any atom is 0.329 e. The Kier molecular flexibility index (Phi) is 1.50. The second kappa shape index (κ2) is 2.41. The second-order valence-electron chi connectivity index (χ2n) is 2.48. The smallest absolute Gasteiger partial charge is 0.329 e. The van der Waals surface area contributed by atoms with Crippen LogP contribution in [0.5, 0.6) is 0 Å². The highest BCUT2D eigenvalue weighted by Gasteiger charge is 2.17. The molecule has 1 aromatic heterocycles. The summed E-state index contributed by atoms with van der Waals surface area (Å²) in [7, 11) is 0. The minimum Gasteiger partial charge on any atom is -0.392 e. The fourth-order valence-corrected chi connectivity index (χ4v) is 2.20. The number of thioether (sulfide) groups is 1. The van der Waals surface area contributed by atoms with Crippen LogP contribution in [0.4, 0.5) is 5.69 Å². The molecule has 0 radical (unpaired) electrons. The number of H-pyrrole nitrogens is 1. The van der Waals surface area contributed by atoms with Gasteiger partial charge < -0.3 is 5.73 Å². The van der Waals surface area contributed by atoms with Crippen LogP contribution in [0.3, 0.4) is 0 Å². The van der Waals surface area contributed by atoms with Crippen molar-refractivity contribution in [1.29, 1.82) is 0 Å². The molecule has 1 aliphatic heterocycles. The molecule has 0 unspecified atom stereocenters. The number of fused-ring (bicyclic) bond motifs is 1. The maximum absolute atomic E-state index is 11.1. The quantitative estimate of drug-likeness (QED) is 0.520. The van der Waals surface area contributed by atoms with Gasteiger partial charge in [0.2, 0.25) is 0 Å². The summed E-state index contributed by atoms with van der Waals surface area (Å²) in [6.45, 7) is 0.625. The number of nitrogens with zero attached hydrogens (tertiary/aromatic N) is 1. The van der Waals surface area contributed by atoms with Gasteiger partial charge in [0, 0.05) is 12.3 Å². The Morgan fingerprint density at radius 3 is 3.00 bits per heavy atom. The van der Waals surface area contributed by atoms with E-state index in [0.717, 1.165) is 5.75 Å². The normalized spacial score (nSPS) is 14.7. The molecule has 0 fully saturated rings. The molecule has 0 atom stereocenters. The van der Waals surface area contributed by atoms with Crippen LogP contribution < -0.4 is 17.0 Å². The number of nitrogens with one attached hydrogen (secondary N) is 1. The first-order chi connectivity index (χ1) is 5.70. The van der Waals surface area contributed by atoms with Crippen LogP contribution in [0.15, 0.2) is 14.6 Å². The van der Waals surface area contributed by atoms with E-state index in [2.05, 4.69) is 4.98 Å². The van der Waals surface area contributed by atoms with E-state index in [1.165, 1.54) is 16.3 Å². The van der Waals surface area contributed by atoms with Gasteiger partial charge in [0.1, 0.15) is 10.7 Å². The van der Waals surface area contributed by atoms with E-state index in [4.69, 9.17) is 5.73 Å². The summed E-state index contributed by atoms with van der Waals surface area (Å²) in [5.74, 6) is 0.802. The summed E-state index contributed by atoms with van der Waals surface area (Å²) in [6, 6.07) is 0. The summed E-state index contributed by atoms with van der Waals surface area (Å²) in [5.41, 5.74) is 4.78. The number of hydrogen-bond donors (Lipinski definition) is 2. The van der Waals surface area contributed by atoms with Crippen molar-refractivity contribution in [1.82, 2.24) is 9.55 Å². The van der Waals surface area contributed by atoms with Crippen LogP contribution >= 0.6 is 11.8 Å². The first kappa shape index (κ1) is 7.48. The van der Waals surface area contributed by atoms with Gasteiger partial charge in [0.25, 0.3) is 5.56 Å². The number of nitrogen functional groups attached to an aromatic ring is 1. The average molecular weight is 185 g/mol.